The fourth-order valence-electron chi connectivity index (χ4n) is 1.29. The molecular formula is C12H15ClN2O4. The van der Waals surface area contributed by atoms with Crippen LogP contribution in [0, 0.1) is 0 Å². The number of aliphatic carboxylic acids is 1. The fraction of sp³-hybridized carbons (Fsp3) is 0.333. The molecular weight excluding hydrogens is 272 g/mol. The predicted molar refractivity (Wildman–Crippen MR) is 70.1 cm³/mol. The Hall–Kier alpha value is -1.79. The van der Waals surface area contributed by atoms with Gasteiger partial charge in [-0.15, -0.1) is 0 Å². The molecule has 0 bridgehead atoms. The van der Waals surface area contributed by atoms with Crippen LogP contribution in [0.15, 0.2) is 24.3 Å². The number of amides is 2. The molecule has 0 aliphatic rings. The van der Waals surface area contributed by atoms with E-state index in [0.717, 1.165) is 5.56 Å². The Labute approximate surface area is 115 Å². The van der Waals surface area contributed by atoms with Gasteiger partial charge in [-0.05, 0) is 17.7 Å². The van der Waals surface area contributed by atoms with Crippen molar-refractivity contribution in [3.8, 4) is 0 Å². The maximum absolute atomic E-state index is 11.4. The normalized spacial score (nSPS) is 9.95. The maximum atomic E-state index is 11.4. The van der Waals surface area contributed by atoms with Crippen LogP contribution in [-0.2, 0) is 16.1 Å². The third kappa shape index (κ3) is 7.28. The van der Waals surface area contributed by atoms with E-state index in [-0.39, 0.29) is 25.8 Å². The first-order chi connectivity index (χ1) is 9.08. The van der Waals surface area contributed by atoms with Crippen molar-refractivity contribution in [1.29, 1.82) is 0 Å². The van der Waals surface area contributed by atoms with Crippen molar-refractivity contribution in [2.24, 2.45) is 0 Å². The Balaban J connectivity index is 2.13. The van der Waals surface area contributed by atoms with Gasteiger partial charge in [0.05, 0.1) is 6.61 Å². The van der Waals surface area contributed by atoms with Gasteiger partial charge in [0, 0.05) is 18.1 Å². The van der Waals surface area contributed by atoms with Crippen LogP contribution < -0.4 is 10.6 Å². The molecule has 3 N–H and O–H groups in total. The molecule has 0 aliphatic heterocycles. The number of hydrogen-bond donors (Lipinski definition) is 3. The molecule has 0 heterocycles. The topological polar surface area (TPSA) is 87.7 Å². The molecule has 0 fully saturated rings. The second-order valence-corrected chi connectivity index (χ2v) is 4.12. The zero-order valence-corrected chi connectivity index (χ0v) is 10.9. The van der Waals surface area contributed by atoms with Gasteiger partial charge in [0.1, 0.15) is 6.61 Å². The number of ether oxygens (including phenoxy) is 1. The number of halogens is 1. The number of urea groups is 1. The monoisotopic (exact) mass is 286 g/mol. The highest BCUT2D eigenvalue weighted by atomic mass is 35.5. The summed E-state index contributed by atoms with van der Waals surface area (Å²) in [7, 11) is 0. The molecule has 1 aromatic carbocycles. The van der Waals surface area contributed by atoms with Gasteiger partial charge in [0.25, 0.3) is 0 Å². The summed E-state index contributed by atoms with van der Waals surface area (Å²) in [6.45, 7) is 0.389. The maximum Gasteiger partial charge on any atom is 0.329 e. The molecule has 0 spiro atoms. The van der Waals surface area contributed by atoms with Crippen LogP contribution in [0.25, 0.3) is 0 Å². The minimum absolute atomic E-state index is 0.150. The average Bonchev–Trinajstić information content (AvgIpc) is 2.35. The first kappa shape index (κ1) is 15.3. The molecule has 0 saturated heterocycles. The van der Waals surface area contributed by atoms with E-state index >= 15 is 0 Å². The first-order valence-electron chi connectivity index (χ1n) is 5.63. The summed E-state index contributed by atoms with van der Waals surface area (Å²) in [5.41, 5.74) is 0.893. The van der Waals surface area contributed by atoms with Crippen molar-refractivity contribution in [3.63, 3.8) is 0 Å². The molecule has 0 aromatic heterocycles. The van der Waals surface area contributed by atoms with Gasteiger partial charge in [-0.25, -0.2) is 9.59 Å². The summed E-state index contributed by atoms with van der Waals surface area (Å²) >= 11 is 5.81. The van der Waals surface area contributed by atoms with Crippen molar-refractivity contribution in [2.75, 3.05) is 19.8 Å². The summed E-state index contributed by atoms with van der Waals surface area (Å²) < 4.78 is 4.76. The molecule has 7 heteroatoms. The van der Waals surface area contributed by atoms with Gasteiger partial charge >= 0.3 is 12.0 Å². The average molecular weight is 287 g/mol. The second kappa shape index (κ2) is 8.34. The van der Waals surface area contributed by atoms with E-state index in [1.165, 1.54) is 0 Å². The number of carboxylic acids is 1. The smallest absolute Gasteiger partial charge is 0.329 e. The molecule has 1 rings (SSSR count). The van der Waals surface area contributed by atoms with E-state index < -0.39 is 5.97 Å². The molecule has 0 radical (unpaired) electrons. The van der Waals surface area contributed by atoms with Gasteiger partial charge in [-0.1, -0.05) is 23.7 Å². The predicted octanol–water partition coefficient (Wildman–Crippen LogP) is 1.24. The summed E-state index contributed by atoms with van der Waals surface area (Å²) in [5, 5.41) is 14.1. The van der Waals surface area contributed by atoms with Crippen LogP contribution in [0.2, 0.25) is 5.02 Å². The number of nitrogens with one attached hydrogen (secondary N) is 2. The van der Waals surface area contributed by atoms with Crippen molar-refractivity contribution in [1.82, 2.24) is 10.6 Å². The third-order valence-electron chi connectivity index (χ3n) is 2.10. The number of carbonyl (C=O) groups is 2. The summed E-state index contributed by atoms with van der Waals surface area (Å²) in [4.78, 5) is 21.5. The Kier molecular flexibility index (Phi) is 6.70. The molecule has 104 valence electrons. The highest BCUT2D eigenvalue weighted by Gasteiger charge is 2.01. The van der Waals surface area contributed by atoms with Crippen LogP contribution in [-0.4, -0.2) is 36.9 Å². The van der Waals surface area contributed by atoms with Crippen LogP contribution in [0.5, 0.6) is 0 Å². The van der Waals surface area contributed by atoms with Gasteiger partial charge in [-0.3, -0.25) is 0 Å². The molecule has 19 heavy (non-hydrogen) atoms. The lowest BCUT2D eigenvalue weighted by Crippen LogP contribution is -2.37. The standard InChI is InChI=1S/C12H15ClN2O4/c13-10-3-1-2-9(6-10)7-15-12(18)14-4-5-19-8-11(16)17/h1-3,6H,4-5,7-8H2,(H,16,17)(H2,14,15,18). The van der Waals surface area contributed by atoms with E-state index in [1.807, 2.05) is 6.07 Å². The van der Waals surface area contributed by atoms with E-state index in [4.69, 9.17) is 21.4 Å². The number of carboxylic acid groups (broad SMARTS) is 1. The number of hydrogen-bond acceptors (Lipinski definition) is 3. The lowest BCUT2D eigenvalue weighted by Gasteiger charge is -2.07. The summed E-state index contributed by atoms with van der Waals surface area (Å²) in [5.74, 6) is -1.04. The summed E-state index contributed by atoms with van der Waals surface area (Å²) in [6.07, 6.45) is 0. The van der Waals surface area contributed by atoms with Crippen molar-refractivity contribution in [3.05, 3.63) is 34.9 Å². The van der Waals surface area contributed by atoms with Gasteiger partial charge in [-0.2, -0.15) is 0 Å². The van der Waals surface area contributed by atoms with Crippen LogP contribution in [0.4, 0.5) is 4.79 Å². The van der Waals surface area contributed by atoms with Gasteiger partial charge < -0.3 is 20.5 Å². The highest BCUT2D eigenvalue weighted by molar-refractivity contribution is 6.30. The van der Waals surface area contributed by atoms with Crippen molar-refractivity contribution >= 4 is 23.6 Å². The second-order valence-electron chi connectivity index (χ2n) is 3.69. The van der Waals surface area contributed by atoms with Gasteiger partial charge in [0.2, 0.25) is 0 Å². The Morgan fingerprint density at radius 1 is 1.32 bits per heavy atom. The molecule has 6 nitrogen and oxygen atoms in total. The molecule has 0 unspecified atom stereocenters. The van der Waals surface area contributed by atoms with Crippen LogP contribution in [0.3, 0.4) is 0 Å². The lowest BCUT2D eigenvalue weighted by atomic mass is 10.2. The zero-order valence-electron chi connectivity index (χ0n) is 10.2. The van der Waals surface area contributed by atoms with E-state index in [2.05, 4.69) is 10.6 Å². The summed E-state index contributed by atoms with van der Waals surface area (Å²) in [6, 6.07) is 6.82. The lowest BCUT2D eigenvalue weighted by molar-refractivity contribution is -0.142. The third-order valence-corrected chi connectivity index (χ3v) is 2.33. The highest BCUT2D eigenvalue weighted by Crippen LogP contribution is 2.09. The number of rotatable bonds is 7. The van der Waals surface area contributed by atoms with E-state index in [1.54, 1.807) is 18.2 Å². The van der Waals surface area contributed by atoms with E-state index in [9.17, 15) is 9.59 Å². The van der Waals surface area contributed by atoms with E-state index in [0.29, 0.717) is 11.6 Å². The molecule has 0 saturated carbocycles. The number of benzene rings is 1. The Morgan fingerprint density at radius 3 is 2.79 bits per heavy atom. The van der Waals surface area contributed by atoms with Crippen molar-refractivity contribution in [2.45, 2.75) is 6.54 Å². The quantitative estimate of drug-likeness (QED) is 0.658. The largest absolute Gasteiger partial charge is 0.480 e. The Bertz CT molecular complexity index is 439. The van der Waals surface area contributed by atoms with Crippen molar-refractivity contribution < 1.29 is 19.4 Å². The first-order valence-corrected chi connectivity index (χ1v) is 6.01. The van der Waals surface area contributed by atoms with Gasteiger partial charge in [0.15, 0.2) is 0 Å². The van der Waals surface area contributed by atoms with Crippen LogP contribution in [0.1, 0.15) is 5.56 Å². The Morgan fingerprint density at radius 2 is 2.11 bits per heavy atom. The fourth-order valence-corrected chi connectivity index (χ4v) is 1.50. The van der Waals surface area contributed by atoms with Crippen LogP contribution >= 0.6 is 11.6 Å². The molecule has 0 aliphatic carbocycles. The zero-order chi connectivity index (χ0) is 14.1. The number of carbonyl (C=O) groups excluding carboxylic acids is 1. The molecule has 1 aromatic rings. The molecule has 0 atom stereocenters. The SMILES string of the molecule is O=C(O)COCCNC(=O)NCc1cccc(Cl)c1. The minimum Gasteiger partial charge on any atom is -0.480 e. The molecule has 2 amide bonds. The minimum atomic E-state index is -1.04.